The van der Waals surface area contributed by atoms with E-state index in [9.17, 15) is 0 Å². The molecule has 3 fully saturated rings. The normalized spacial score (nSPS) is 27.0. The smallest absolute Gasteiger partial charge is 0.194 e. The minimum Gasteiger partial charge on any atom is -0.373 e. The zero-order chi connectivity index (χ0) is 19.2. The van der Waals surface area contributed by atoms with E-state index in [0.29, 0.717) is 6.04 Å². The number of morpholine rings is 1. The number of rotatable bonds is 5. The van der Waals surface area contributed by atoms with Crippen LogP contribution in [-0.2, 0) is 11.2 Å². The van der Waals surface area contributed by atoms with Crippen LogP contribution in [0.2, 0.25) is 0 Å². The molecule has 154 valence electrons. The Morgan fingerprint density at radius 3 is 2.75 bits per heavy atom. The van der Waals surface area contributed by atoms with Gasteiger partial charge in [-0.3, -0.25) is 9.89 Å². The number of piperidine rings is 1. The van der Waals surface area contributed by atoms with Gasteiger partial charge in [0.2, 0.25) is 0 Å². The monoisotopic (exact) mass is 384 g/mol. The number of aliphatic imine (C=N–C) groups is 1. The second-order valence-corrected chi connectivity index (χ2v) is 8.56. The molecule has 4 rings (SSSR count). The number of hydrogen-bond donors (Lipinski definition) is 1. The Balaban J connectivity index is 1.27. The molecule has 0 radical (unpaired) electrons. The fourth-order valence-corrected chi connectivity index (χ4v) is 4.91. The number of likely N-dealkylation sites (tertiary alicyclic amines) is 1. The molecule has 3 saturated heterocycles. The molecule has 2 atom stereocenters. The van der Waals surface area contributed by atoms with E-state index in [1.807, 2.05) is 0 Å². The van der Waals surface area contributed by atoms with Crippen LogP contribution >= 0.6 is 0 Å². The highest BCUT2D eigenvalue weighted by atomic mass is 16.5. The summed E-state index contributed by atoms with van der Waals surface area (Å²) in [5, 5.41) is 3.51. The first-order valence-corrected chi connectivity index (χ1v) is 11.2. The first-order valence-electron chi connectivity index (χ1n) is 11.2. The van der Waals surface area contributed by atoms with Gasteiger partial charge in [0.05, 0.1) is 19.3 Å². The fraction of sp³-hybridized carbons (Fsp3) is 0.696. The van der Waals surface area contributed by atoms with Crippen molar-refractivity contribution in [3.63, 3.8) is 0 Å². The Morgan fingerprint density at radius 2 is 1.96 bits per heavy atom. The van der Waals surface area contributed by atoms with Gasteiger partial charge in [-0.05, 0) is 57.1 Å². The van der Waals surface area contributed by atoms with Gasteiger partial charge in [0.25, 0.3) is 0 Å². The van der Waals surface area contributed by atoms with Crippen molar-refractivity contribution in [2.75, 3.05) is 45.9 Å². The van der Waals surface area contributed by atoms with Crippen molar-refractivity contribution in [2.24, 2.45) is 10.9 Å². The minimum absolute atomic E-state index is 0.249. The third kappa shape index (κ3) is 5.06. The van der Waals surface area contributed by atoms with Crippen molar-refractivity contribution < 1.29 is 4.74 Å². The molecular weight excluding hydrogens is 348 g/mol. The van der Waals surface area contributed by atoms with Gasteiger partial charge in [-0.1, -0.05) is 30.3 Å². The average molecular weight is 385 g/mol. The quantitative estimate of drug-likeness (QED) is 0.626. The minimum atomic E-state index is 0.249. The second kappa shape index (κ2) is 9.75. The molecule has 2 unspecified atom stereocenters. The van der Waals surface area contributed by atoms with Crippen LogP contribution in [0.1, 0.15) is 38.2 Å². The molecule has 0 spiro atoms. The zero-order valence-electron chi connectivity index (χ0n) is 17.4. The highest BCUT2D eigenvalue weighted by molar-refractivity contribution is 5.80. The highest BCUT2D eigenvalue weighted by Crippen LogP contribution is 2.23. The number of benzene rings is 1. The van der Waals surface area contributed by atoms with Gasteiger partial charge in [0.15, 0.2) is 5.96 Å². The maximum absolute atomic E-state index is 6.10. The lowest BCUT2D eigenvalue weighted by Crippen LogP contribution is -2.49. The largest absolute Gasteiger partial charge is 0.373 e. The lowest BCUT2D eigenvalue weighted by molar-refractivity contribution is -0.0433. The van der Waals surface area contributed by atoms with E-state index in [4.69, 9.17) is 9.73 Å². The van der Waals surface area contributed by atoms with Gasteiger partial charge >= 0.3 is 0 Å². The summed E-state index contributed by atoms with van der Waals surface area (Å²) >= 11 is 0. The number of guanidine groups is 1. The van der Waals surface area contributed by atoms with Crippen molar-refractivity contribution in [1.82, 2.24) is 15.1 Å². The first kappa shape index (κ1) is 19.7. The third-order valence-corrected chi connectivity index (χ3v) is 6.52. The molecule has 0 aromatic heterocycles. The Hall–Kier alpha value is -1.59. The van der Waals surface area contributed by atoms with E-state index >= 15 is 0 Å². The summed E-state index contributed by atoms with van der Waals surface area (Å²) in [6, 6.07) is 11.6. The molecule has 3 heterocycles. The van der Waals surface area contributed by atoms with Crippen molar-refractivity contribution in [3.05, 3.63) is 35.9 Å². The van der Waals surface area contributed by atoms with Crippen molar-refractivity contribution in [3.8, 4) is 0 Å². The van der Waals surface area contributed by atoms with E-state index in [1.165, 1.54) is 44.2 Å². The lowest BCUT2D eigenvalue weighted by Gasteiger charge is -2.36. The summed E-state index contributed by atoms with van der Waals surface area (Å²) in [7, 11) is 0. The average Bonchev–Trinajstić information content (AvgIpc) is 3.20. The van der Waals surface area contributed by atoms with Crippen LogP contribution in [0, 0.1) is 5.92 Å². The SMILES string of the molecule is CCNC(=NCC1CN2CCCC2CO1)N1CCC(Cc2ccccc2)CC1. The first-order chi connectivity index (χ1) is 13.8. The molecule has 1 N–H and O–H groups in total. The molecule has 0 amide bonds. The molecular formula is C23H36N4O. The Kier molecular flexibility index (Phi) is 6.86. The molecule has 28 heavy (non-hydrogen) atoms. The summed E-state index contributed by atoms with van der Waals surface area (Å²) in [4.78, 5) is 10.0. The summed E-state index contributed by atoms with van der Waals surface area (Å²) in [6.07, 6.45) is 6.57. The molecule has 1 aromatic carbocycles. The molecule has 3 aliphatic heterocycles. The maximum Gasteiger partial charge on any atom is 0.194 e. The number of nitrogens with zero attached hydrogens (tertiary/aromatic N) is 3. The van der Waals surface area contributed by atoms with E-state index in [1.54, 1.807) is 0 Å². The molecule has 0 bridgehead atoms. The van der Waals surface area contributed by atoms with Crippen molar-refractivity contribution >= 4 is 5.96 Å². The van der Waals surface area contributed by atoms with Crippen molar-refractivity contribution in [1.29, 1.82) is 0 Å². The van der Waals surface area contributed by atoms with Crippen LogP contribution < -0.4 is 5.32 Å². The predicted molar refractivity (Wildman–Crippen MR) is 115 cm³/mol. The number of fused-ring (bicyclic) bond motifs is 1. The lowest BCUT2D eigenvalue weighted by atomic mass is 9.90. The summed E-state index contributed by atoms with van der Waals surface area (Å²) in [6.45, 7) is 9.23. The fourth-order valence-electron chi connectivity index (χ4n) is 4.91. The predicted octanol–water partition coefficient (Wildman–Crippen LogP) is 2.77. The standard InChI is InChI=1S/C23H36N4O/c1-2-24-23(25-16-22-17-27-12-6-9-21(27)18-28-22)26-13-10-20(11-14-26)15-19-7-4-3-5-8-19/h3-5,7-8,20-22H,2,6,9-18H2,1H3,(H,24,25). The summed E-state index contributed by atoms with van der Waals surface area (Å²) in [5.74, 6) is 1.86. The number of ether oxygens (including phenoxy) is 1. The Bertz CT molecular complexity index is 627. The van der Waals surface area contributed by atoms with Crippen molar-refractivity contribution in [2.45, 2.75) is 51.2 Å². The van der Waals surface area contributed by atoms with Gasteiger partial charge in [0.1, 0.15) is 0 Å². The van der Waals surface area contributed by atoms with Crippen LogP contribution in [0.25, 0.3) is 0 Å². The van der Waals surface area contributed by atoms with E-state index < -0.39 is 0 Å². The molecule has 3 aliphatic rings. The van der Waals surface area contributed by atoms with Gasteiger partial charge in [-0.15, -0.1) is 0 Å². The van der Waals surface area contributed by atoms with Gasteiger partial charge < -0.3 is 15.0 Å². The zero-order valence-corrected chi connectivity index (χ0v) is 17.4. The Morgan fingerprint density at radius 1 is 1.14 bits per heavy atom. The van der Waals surface area contributed by atoms with E-state index in [0.717, 1.165) is 51.2 Å². The van der Waals surface area contributed by atoms with Gasteiger partial charge in [-0.25, -0.2) is 0 Å². The molecule has 5 heteroatoms. The van der Waals surface area contributed by atoms with Crippen LogP contribution in [0.3, 0.4) is 0 Å². The number of nitrogens with one attached hydrogen (secondary N) is 1. The van der Waals surface area contributed by atoms with E-state index in [2.05, 4.69) is 52.4 Å². The molecule has 0 aliphatic carbocycles. The molecule has 1 aromatic rings. The number of hydrogen-bond acceptors (Lipinski definition) is 3. The van der Waals surface area contributed by atoms with Gasteiger partial charge in [0, 0.05) is 32.2 Å². The summed E-state index contributed by atoms with van der Waals surface area (Å²) < 4.78 is 6.10. The van der Waals surface area contributed by atoms with E-state index in [-0.39, 0.29) is 6.10 Å². The van der Waals surface area contributed by atoms with Crippen LogP contribution in [0.15, 0.2) is 35.3 Å². The summed E-state index contributed by atoms with van der Waals surface area (Å²) in [5.41, 5.74) is 1.47. The second-order valence-electron chi connectivity index (χ2n) is 8.56. The molecule has 0 saturated carbocycles. The van der Waals surface area contributed by atoms with Crippen LogP contribution in [0.4, 0.5) is 0 Å². The third-order valence-electron chi connectivity index (χ3n) is 6.52. The molecule has 5 nitrogen and oxygen atoms in total. The highest BCUT2D eigenvalue weighted by Gasteiger charge is 2.32. The Labute approximate surface area is 170 Å². The maximum atomic E-state index is 6.10. The van der Waals surface area contributed by atoms with Crippen LogP contribution in [0.5, 0.6) is 0 Å². The van der Waals surface area contributed by atoms with Gasteiger partial charge in [-0.2, -0.15) is 0 Å². The van der Waals surface area contributed by atoms with Crippen LogP contribution in [-0.4, -0.2) is 73.8 Å². The topological polar surface area (TPSA) is 40.1 Å².